The van der Waals surface area contributed by atoms with Crippen molar-refractivity contribution in [2.45, 2.75) is 28.4 Å². The van der Waals surface area contributed by atoms with E-state index in [0.717, 1.165) is 12.8 Å². The molecule has 2 nitrogen and oxygen atoms in total. The third kappa shape index (κ3) is 1.26. The molecule has 3 rings (SSSR count). The molecule has 0 aromatic carbocycles. The summed E-state index contributed by atoms with van der Waals surface area (Å²) in [5.41, 5.74) is 0. The Morgan fingerprint density at radius 1 is 0.947 bits per heavy atom. The molecule has 0 amide bonds. The number of hydrogen-bond acceptors (Lipinski definition) is 2. The van der Waals surface area contributed by atoms with Gasteiger partial charge in [-0.25, -0.2) is 0 Å². The Bertz CT molecular complexity index is 447. The van der Waals surface area contributed by atoms with Crippen LogP contribution in [0.4, 0.5) is 0 Å². The highest BCUT2D eigenvalue weighted by atomic mass is 35.5. The number of halogens is 4. The van der Waals surface area contributed by atoms with Gasteiger partial charge < -0.3 is 9.47 Å². The monoisotopic (exact) mass is 342 g/mol. The van der Waals surface area contributed by atoms with Crippen molar-refractivity contribution in [3.8, 4) is 0 Å². The Morgan fingerprint density at radius 2 is 1.32 bits per heavy atom. The van der Waals surface area contributed by atoms with Crippen molar-refractivity contribution >= 4 is 46.4 Å². The van der Waals surface area contributed by atoms with Crippen molar-refractivity contribution in [1.82, 2.24) is 0 Å². The highest BCUT2D eigenvalue weighted by molar-refractivity contribution is 6.52. The first-order valence-corrected chi connectivity index (χ1v) is 7.62. The van der Waals surface area contributed by atoms with Gasteiger partial charge in [0.2, 0.25) is 5.79 Å². The zero-order valence-corrected chi connectivity index (χ0v) is 13.6. The summed E-state index contributed by atoms with van der Waals surface area (Å²) in [6, 6.07) is 0. The van der Waals surface area contributed by atoms with Crippen molar-refractivity contribution in [2.24, 2.45) is 11.8 Å². The predicted molar refractivity (Wildman–Crippen MR) is 78.0 cm³/mol. The molecule has 6 heteroatoms. The lowest BCUT2D eigenvalue weighted by Crippen LogP contribution is -2.57. The molecular formula is C13H14Cl4O2. The molecule has 19 heavy (non-hydrogen) atoms. The zero-order valence-electron chi connectivity index (χ0n) is 10.6. The van der Waals surface area contributed by atoms with E-state index < -0.39 is 15.5 Å². The Hall–Kier alpha value is 0.560. The minimum Gasteiger partial charge on any atom is -0.350 e. The second kappa shape index (κ2) is 4.28. The van der Waals surface area contributed by atoms with Crippen molar-refractivity contribution in [3.05, 3.63) is 22.2 Å². The quantitative estimate of drug-likeness (QED) is 0.424. The van der Waals surface area contributed by atoms with Crippen LogP contribution in [0, 0.1) is 11.8 Å². The van der Waals surface area contributed by atoms with Crippen LogP contribution in [-0.2, 0) is 9.47 Å². The van der Waals surface area contributed by atoms with Crippen molar-refractivity contribution in [2.75, 3.05) is 14.2 Å². The first-order valence-electron chi connectivity index (χ1n) is 6.11. The van der Waals surface area contributed by atoms with Gasteiger partial charge >= 0.3 is 0 Å². The second-order valence-electron chi connectivity index (χ2n) is 5.23. The molecular weight excluding hydrogens is 330 g/mol. The Morgan fingerprint density at radius 3 is 1.63 bits per heavy atom. The first kappa shape index (κ1) is 14.5. The third-order valence-corrected chi connectivity index (χ3v) is 7.52. The van der Waals surface area contributed by atoms with Crippen molar-refractivity contribution in [3.63, 3.8) is 0 Å². The van der Waals surface area contributed by atoms with Gasteiger partial charge in [0, 0.05) is 14.2 Å². The van der Waals surface area contributed by atoms with Crippen LogP contribution in [0.25, 0.3) is 0 Å². The van der Waals surface area contributed by atoms with Crippen molar-refractivity contribution in [1.29, 1.82) is 0 Å². The molecule has 106 valence electrons. The van der Waals surface area contributed by atoms with Crippen LogP contribution < -0.4 is 0 Å². The largest absolute Gasteiger partial charge is 0.350 e. The molecule has 0 spiro atoms. The van der Waals surface area contributed by atoms with Crippen molar-refractivity contribution < 1.29 is 9.47 Å². The maximum absolute atomic E-state index is 6.89. The smallest absolute Gasteiger partial charge is 0.217 e. The number of allylic oxidation sites excluding steroid dienone is 2. The SMILES string of the molecule is COC1(OC)[C@@]2(Cl)C(Cl)=C(Cl)[C@@]1(Cl)[C@@H]1CC=CC[C@H]12. The standard InChI is InChI=1S/C13H14Cl4O2/c1-18-13(19-2)11(16)7-5-3-4-6-8(7)12(13,17)10(15)9(11)14/h3-4,7-8H,5-6H2,1-2H3/t7-,8-,11+,12+/m1/s1. The summed E-state index contributed by atoms with van der Waals surface area (Å²) in [6.45, 7) is 0. The van der Waals surface area contributed by atoms with Gasteiger partial charge in [-0.2, -0.15) is 0 Å². The lowest BCUT2D eigenvalue weighted by molar-refractivity contribution is -0.220. The van der Waals surface area contributed by atoms with Gasteiger partial charge in [-0.1, -0.05) is 35.4 Å². The Labute approximate surface area is 132 Å². The van der Waals surface area contributed by atoms with Gasteiger partial charge in [0.15, 0.2) is 0 Å². The van der Waals surface area contributed by atoms with Crippen LogP contribution in [0.3, 0.4) is 0 Å². The summed E-state index contributed by atoms with van der Waals surface area (Å²) in [4.78, 5) is -2.07. The summed E-state index contributed by atoms with van der Waals surface area (Å²) in [6.07, 6.45) is 5.77. The van der Waals surface area contributed by atoms with Crippen LogP contribution >= 0.6 is 46.4 Å². The average molecular weight is 344 g/mol. The van der Waals surface area contributed by atoms with Gasteiger partial charge in [0.25, 0.3) is 0 Å². The lowest BCUT2D eigenvalue weighted by atomic mass is 9.75. The van der Waals surface area contributed by atoms with E-state index in [1.165, 1.54) is 14.2 Å². The van der Waals surface area contributed by atoms with Crippen LogP contribution in [0.15, 0.2) is 22.2 Å². The molecule has 1 saturated carbocycles. The van der Waals surface area contributed by atoms with Gasteiger partial charge in [0.1, 0.15) is 9.75 Å². The Balaban J connectivity index is 2.29. The molecule has 1 fully saturated rings. The number of rotatable bonds is 2. The number of alkyl halides is 2. The van der Waals surface area contributed by atoms with Crippen LogP contribution in [-0.4, -0.2) is 29.8 Å². The summed E-state index contributed by atoms with van der Waals surface area (Å²) < 4.78 is 11.3. The fourth-order valence-electron chi connectivity index (χ4n) is 4.06. The maximum Gasteiger partial charge on any atom is 0.217 e. The van der Waals surface area contributed by atoms with Gasteiger partial charge in [-0.3, -0.25) is 0 Å². The summed E-state index contributed by atoms with van der Waals surface area (Å²) in [5, 5.41) is 0.706. The lowest BCUT2D eigenvalue weighted by Gasteiger charge is -2.41. The average Bonchev–Trinajstić information content (AvgIpc) is 2.69. The van der Waals surface area contributed by atoms with E-state index in [-0.39, 0.29) is 11.8 Å². The fourth-order valence-corrected chi connectivity index (χ4v) is 6.31. The molecule has 0 unspecified atom stereocenters. The molecule has 0 aromatic rings. The van der Waals surface area contributed by atoms with E-state index in [4.69, 9.17) is 55.9 Å². The summed E-state index contributed by atoms with van der Waals surface area (Å²) in [5.74, 6) is -1.14. The molecule has 0 radical (unpaired) electrons. The van der Waals surface area contributed by atoms with E-state index in [9.17, 15) is 0 Å². The first-order chi connectivity index (χ1) is 8.91. The summed E-state index contributed by atoms with van der Waals surface area (Å²) >= 11 is 26.6. The van der Waals surface area contributed by atoms with Gasteiger partial charge in [0.05, 0.1) is 10.1 Å². The minimum atomic E-state index is -1.24. The van der Waals surface area contributed by atoms with E-state index in [2.05, 4.69) is 12.2 Å². The topological polar surface area (TPSA) is 18.5 Å². The number of hydrogen-bond donors (Lipinski definition) is 0. The van der Waals surface area contributed by atoms with Gasteiger partial charge in [-0.15, -0.1) is 23.2 Å². The molecule has 0 aromatic heterocycles. The number of fused-ring (bicyclic) bond motifs is 5. The highest BCUT2D eigenvalue weighted by Crippen LogP contribution is 2.75. The second-order valence-corrected chi connectivity index (χ2v) is 7.18. The normalized spacial score (nSPS) is 46.8. The van der Waals surface area contributed by atoms with E-state index in [1.807, 2.05) is 0 Å². The number of ether oxygens (including phenoxy) is 2. The molecule has 2 bridgehead atoms. The molecule has 0 aliphatic heterocycles. The summed E-state index contributed by atoms with van der Waals surface area (Å²) in [7, 11) is 3.06. The van der Waals surface area contributed by atoms with Crippen LogP contribution in [0.5, 0.6) is 0 Å². The van der Waals surface area contributed by atoms with Crippen LogP contribution in [0.1, 0.15) is 12.8 Å². The molecule has 4 atom stereocenters. The number of methoxy groups -OCH3 is 2. The van der Waals surface area contributed by atoms with Crippen LogP contribution in [0.2, 0.25) is 0 Å². The van der Waals surface area contributed by atoms with E-state index in [1.54, 1.807) is 0 Å². The molecule has 0 heterocycles. The molecule has 0 saturated heterocycles. The van der Waals surface area contributed by atoms with E-state index in [0.29, 0.717) is 10.1 Å². The zero-order chi connectivity index (χ0) is 14.1. The molecule has 3 aliphatic carbocycles. The maximum atomic E-state index is 6.89. The third-order valence-electron chi connectivity index (χ3n) is 4.82. The molecule has 3 aliphatic rings. The Kier molecular flexibility index (Phi) is 3.27. The van der Waals surface area contributed by atoms with E-state index >= 15 is 0 Å². The predicted octanol–water partition coefficient (Wildman–Crippen LogP) is 4.23. The minimum absolute atomic E-state index is 0.0477. The van der Waals surface area contributed by atoms with Gasteiger partial charge in [-0.05, 0) is 24.7 Å². The molecule has 0 N–H and O–H groups in total. The fraction of sp³-hybridized carbons (Fsp3) is 0.692. The highest BCUT2D eigenvalue weighted by Gasteiger charge is 2.84.